The summed E-state index contributed by atoms with van der Waals surface area (Å²) in [4.78, 5) is 31.1. The van der Waals surface area contributed by atoms with Gasteiger partial charge in [-0.15, -0.1) is 0 Å². The van der Waals surface area contributed by atoms with E-state index in [-0.39, 0.29) is 0 Å². The highest BCUT2D eigenvalue weighted by Crippen LogP contribution is 2.48. The third kappa shape index (κ3) is 1.58. The van der Waals surface area contributed by atoms with Crippen molar-refractivity contribution in [2.75, 3.05) is 6.61 Å². The van der Waals surface area contributed by atoms with E-state index in [1.165, 1.54) is 0 Å². The van der Waals surface area contributed by atoms with Gasteiger partial charge in [0.1, 0.15) is 0 Å². The van der Waals surface area contributed by atoms with E-state index >= 15 is 0 Å². The number of carbonyl (C=O) groups is 2. The van der Waals surface area contributed by atoms with E-state index < -0.39 is 24.1 Å². The fourth-order valence-corrected chi connectivity index (χ4v) is 2.23. The van der Waals surface area contributed by atoms with Crippen molar-refractivity contribution >= 4 is 11.9 Å². The zero-order chi connectivity index (χ0) is 13.3. The van der Waals surface area contributed by atoms with Crippen LogP contribution in [0.1, 0.15) is 23.6 Å². The van der Waals surface area contributed by atoms with Crippen LogP contribution in [0.15, 0.2) is 18.2 Å². The van der Waals surface area contributed by atoms with E-state index in [0.29, 0.717) is 17.5 Å². The maximum Gasteiger partial charge on any atom is 0.348 e. The molecule has 0 heterocycles. The van der Waals surface area contributed by atoms with Gasteiger partial charge >= 0.3 is 11.9 Å². The van der Waals surface area contributed by atoms with Gasteiger partial charge in [0.2, 0.25) is 0 Å². The highest BCUT2D eigenvalue weighted by molar-refractivity contribution is 5.89. The van der Waals surface area contributed by atoms with E-state index in [9.17, 15) is 14.7 Å². The second kappa shape index (κ2) is 4.40. The molecule has 0 unspecified atom stereocenters. The molecule has 0 fully saturated rings. The molecule has 96 valence electrons. The molecule has 1 aromatic rings. The van der Waals surface area contributed by atoms with E-state index in [4.69, 9.17) is 9.99 Å². The van der Waals surface area contributed by atoms with Crippen LogP contribution in [0.5, 0.6) is 0 Å². The van der Waals surface area contributed by atoms with Crippen molar-refractivity contribution in [1.82, 2.24) is 0 Å². The van der Waals surface area contributed by atoms with Crippen LogP contribution in [0, 0.1) is 0 Å². The molecule has 2 N–H and O–H groups in total. The Labute approximate surface area is 103 Å². The predicted molar refractivity (Wildman–Crippen MR) is 58.9 cm³/mol. The Kier molecular flexibility index (Phi) is 3.06. The number of fused-ring (bicyclic) bond motifs is 2. The Balaban J connectivity index is 2.25. The van der Waals surface area contributed by atoms with Crippen LogP contribution >= 0.6 is 0 Å². The lowest BCUT2D eigenvalue weighted by Crippen LogP contribution is -2.48. The number of hydrogen-bond donors (Lipinski definition) is 2. The molecule has 2 bridgehead atoms. The largest absolute Gasteiger partial charge is 0.479 e. The van der Waals surface area contributed by atoms with Crippen LogP contribution < -0.4 is 0 Å². The molecule has 0 atom stereocenters. The molecule has 0 saturated carbocycles. The third-order valence-electron chi connectivity index (χ3n) is 2.96. The van der Waals surface area contributed by atoms with Gasteiger partial charge in [-0.1, -0.05) is 25.1 Å². The molecule has 2 aliphatic carbocycles. The van der Waals surface area contributed by atoms with Crippen LogP contribution in [-0.2, 0) is 31.4 Å². The van der Waals surface area contributed by atoms with Gasteiger partial charge in [0, 0.05) is 11.1 Å². The quantitative estimate of drug-likeness (QED) is 0.577. The Hall–Kier alpha value is -1.92. The monoisotopic (exact) mass is 252 g/mol. The Morgan fingerprint density at radius 1 is 1.28 bits per heavy atom. The number of carboxylic acids is 2. The Bertz CT molecular complexity index is 485. The molecular formula is C12H12O6. The highest BCUT2D eigenvalue weighted by atomic mass is 17.2. The number of hydrogen-bond acceptors (Lipinski definition) is 4. The molecule has 6 heteroatoms. The summed E-state index contributed by atoms with van der Waals surface area (Å²) in [5, 5.41) is 17.8. The summed E-state index contributed by atoms with van der Waals surface area (Å²) in [6, 6.07) is 5.01. The first kappa shape index (κ1) is 12.5. The number of rotatable bonds is 6. The summed E-state index contributed by atoms with van der Waals surface area (Å²) in [5.41, 5.74) is 0.259. The van der Waals surface area contributed by atoms with Gasteiger partial charge in [0.25, 0.3) is 5.60 Å². The summed E-state index contributed by atoms with van der Waals surface area (Å²) < 4.78 is 0. The van der Waals surface area contributed by atoms with Gasteiger partial charge in [0.05, 0.1) is 0 Å². The van der Waals surface area contributed by atoms with Crippen molar-refractivity contribution in [1.29, 1.82) is 0 Å². The van der Waals surface area contributed by atoms with E-state index in [0.717, 1.165) is 5.56 Å². The van der Waals surface area contributed by atoms with Gasteiger partial charge in [-0.2, -0.15) is 0 Å². The minimum atomic E-state index is -1.67. The van der Waals surface area contributed by atoms with Crippen molar-refractivity contribution in [2.45, 2.75) is 18.9 Å². The van der Waals surface area contributed by atoms with Crippen LogP contribution in [-0.4, -0.2) is 28.8 Å². The molecule has 0 amide bonds. The van der Waals surface area contributed by atoms with Crippen molar-refractivity contribution < 1.29 is 29.6 Å². The normalized spacial score (nSPS) is 14.9. The van der Waals surface area contributed by atoms with E-state index in [2.05, 4.69) is 4.89 Å². The zero-order valence-corrected chi connectivity index (χ0v) is 9.67. The van der Waals surface area contributed by atoms with Gasteiger partial charge in [-0.25, -0.2) is 19.4 Å². The SMILES string of the molecule is CCc1c2cccc1C2(OOCC(=O)O)C(=O)O. The fraction of sp³-hybridized carbons (Fsp3) is 0.333. The van der Waals surface area contributed by atoms with Gasteiger partial charge in [-0.05, 0) is 12.0 Å². The summed E-state index contributed by atoms with van der Waals surface area (Å²) in [6.45, 7) is 1.20. The van der Waals surface area contributed by atoms with Gasteiger partial charge in [0.15, 0.2) is 6.61 Å². The summed E-state index contributed by atoms with van der Waals surface area (Å²) >= 11 is 0. The lowest BCUT2D eigenvalue weighted by Gasteiger charge is -2.40. The third-order valence-corrected chi connectivity index (χ3v) is 2.96. The standard InChI is InChI=1S/C12H12O6/c1-2-7-8-4-3-5-9(7)12(8,11(15)16)18-17-6-10(13)14/h3-5H,2,6H2,1H3,(H,13,14)(H,15,16). The molecule has 0 aromatic heterocycles. The molecular weight excluding hydrogens is 240 g/mol. The van der Waals surface area contributed by atoms with E-state index in [1.807, 2.05) is 6.92 Å². The molecule has 1 aromatic carbocycles. The highest BCUT2D eigenvalue weighted by Gasteiger charge is 2.55. The lowest BCUT2D eigenvalue weighted by atomic mass is 9.69. The number of aryl methyl sites for hydroxylation is 1. The smallest absolute Gasteiger partial charge is 0.348 e. The number of benzene rings is 1. The molecule has 0 radical (unpaired) electrons. The first-order valence-corrected chi connectivity index (χ1v) is 5.42. The van der Waals surface area contributed by atoms with Crippen molar-refractivity contribution in [3.05, 3.63) is 34.9 Å². The van der Waals surface area contributed by atoms with Crippen molar-refractivity contribution in [2.24, 2.45) is 0 Å². The molecule has 0 aliphatic heterocycles. The maximum atomic E-state index is 11.4. The second-order valence-electron chi connectivity index (χ2n) is 3.91. The number of carboxylic acid groups (broad SMARTS) is 2. The maximum absolute atomic E-state index is 11.4. The van der Waals surface area contributed by atoms with Gasteiger partial charge < -0.3 is 10.2 Å². The zero-order valence-electron chi connectivity index (χ0n) is 9.67. The first-order chi connectivity index (χ1) is 8.54. The second-order valence-corrected chi connectivity index (χ2v) is 3.91. The van der Waals surface area contributed by atoms with Crippen LogP contribution in [0.3, 0.4) is 0 Å². The molecule has 6 nitrogen and oxygen atoms in total. The summed E-state index contributed by atoms with van der Waals surface area (Å²) in [7, 11) is 0. The first-order valence-electron chi connectivity index (χ1n) is 5.42. The topological polar surface area (TPSA) is 93.1 Å². The Morgan fingerprint density at radius 3 is 2.33 bits per heavy atom. The van der Waals surface area contributed by atoms with Gasteiger partial charge in [-0.3, -0.25) is 0 Å². The minimum Gasteiger partial charge on any atom is -0.479 e. The lowest BCUT2D eigenvalue weighted by molar-refractivity contribution is -0.348. The minimum absolute atomic E-state index is 0.514. The predicted octanol–water partition coefficient (Wildman–Crippen LogP) is 0.923. The average molecular weight is 252 g/mol. The van der Waals surface area contributed by atoms with Crippen LogP contribution in [0.2, 0.25) is 0 Å². The van der Waals surface area contributed by atoms with Crippen LogP contribution in [0.4, 0.5) is 0 Å². The fourth-order valence-electron chi connectivity index (χ4n) is 2.23. The molecule has 3 rings (SSSR count). The summed E-state index contributed by atoms with van der Waals surface area (Å²) in [6.07, 6.45) is 0.683. The van der Waals surface area contributed by atoms with Crippen molar-refractivity contribution in [3.63, 3.8) is 0 Å². The van der Waals surface area contributed by atoms with E-state index in [1.54, 1.807) is 18.2 Å². The van der Waals surface area contributed by atoms with Crippen molar-refractivity contribution in [3.8, 4) is 0 Å². The molecule has 2 aliphatic rings. The van der Waals surface area contributed by atoms with Crippen LogP contribution in [0.25, 0.3) is 0 Å². The molecule has 0 saturated heterocycles. The Morgan fingerprint density at radius 2 is 1.89 bits per heavy atom. The summed E-state index contributed by atoms with van der Waals surface area (Å²) in [5.74, 6) is -2.44. The number of aliphatic carboxylic acids is 2. The molecule has 18 heavy (non-hydrogen) atoms. The molecule has 0 spiro atoms. The average Bonchev–Trinajstić information content (AvgIpc) is 2.33.